The standard InChI is InChI=1S/C16H24O10/c1-4-5-3-23-15(8-7(5)13(9(4)18)25-14(8)22)26-16-12(21)11(20)10(19)6(2-17)24-16/h4-13,15-21H,2-3H2,1H3/t4-,5-,6-,7+,8-,9-,10-,11+,12-,13-,15-,16+/m1/s1. The van der Waals surface area contributed by atoms with Crippen LogP contribution in [0.5, 0.6) is 0 Å². The molecule has 26 heavy (non-hydrogen) atoms. The summed E-state index contributed by atoms with van der Waals surface area (Å²) in [6.45, 7) is 1.54. The lowest BCUT2D eigenvalue weighted by Crippen LogP contribution is -2.60. The molecule has 4 aliphatic rings. The van der Waals surface area contributed by atoms with Gasteiger partial charge in [0, 0.05) is 5.92 Å². The summed E-state index contributed by atoms with van der Waals surface area (Å²) in [7, 11) is 0. The van der Waals surface area contributed by atoms with Crippen LogP contribution in [-0.4, -0.2) is 93.9 Å². The smallest absolute Gasteiger partial charge is 0.314 e. The number of carbonyl (C=O) groups is 1. The largest absolute Gasteiger partial charge is 0.459 e. The molecule has 0 unspecified atom stereocenters. The quantitative estimate of drug-likeness (QED) is 0.321. The highest BCUT2D eigenvalue weighted by Gasteiger charge is 2.64. The summed E-state index contributed by atoms with van der Waals surface area (Å²) in [5.74, 6) is -1.75. The molecular weight excluding hydrogens is 352 g/mol. The van der Waals surface area contributed by atoms with Crippen molar-refractivity contribution in [3.8, 4) is 0 Å². The second-order valence-electron chi connectivity index (χ2n) is 7.55. The molecule has 0 spiro atoms. The molecule has 148 valence electrons. The minimum atomic E-state index is -1.59. The molecule has 4 rings (SSSR count). The third kappa shape index (κ3) is 2.60. The van der Waals surface area contributed by atoms with Crippen molar-refractivity contribution < 1.29 is 49.3 Å². The molecule has 1 saturated carbocycles. The molecule has 4 fully saturated rings. The Morgan fingerprint density at radius 3 is 2.50 bits per heavy atom. The van der Waals surface area contributed by atoms with Gasteiger partial charge < -0.3 is 44.5 Å². The third-order valence-corrected chi connectivity index (χ3v) is 6.23. The number of aliphatic hydroxyl groups excluding tert-OH is 5. The van der Waals surface area contributed by atoms with Gasteiger partial charge in [-0.2, -0.15) is 0 Å². The fourth-order valence-electron chi connectivity index (χ4n) is 4.66. The first-order chi connectivity index (χ1) is 12.3. The fraction of sp³-hybridized carbons (Fsp3) is 0.938. The Balaban J connectivity index is 1.51. The molecule has 0 aromatic heterocycles. The van der Waals surface area contributed by atoms with Crippen LogP contribution in [0.1, 0.15) is 6.92 Å². The lowest BCUT2D eigenvalue weighted by atomic mass is 9.80. The predicted octanol–water partition coefficient (Wildman–Crippen LogP) is -3.06. The Kier molecular flexibility index (Phi) is 4.73. The van der Waals surface area contributed by atoms with E-state index >= 15 is 0 Å². The molecule has 0 bridgehead atoms. The summed E-state index contributed by atoms with van der Waals surface area (Å²) < 4.78 is 21.9. The first-order valence-electron chi connectivity index (χ1n) is 8.81. The third-order valence-electron chi connectivity index (χ3n) is 6.23. The Hall–Kier alpha value is -0.850. The number of rotatable bonds is 3. The lowest BCUT2D eigenvalue weighted by molar-refractivity contribution is -0.351. The van der Waals surface area contributed by atoms with Crippen molar-refractivity contribution in [1.82, 2.24) is 0 Å². The highest BCUT2D eigenvalue weighted by atomic mass is 16.8. The van der Waals surface area contributed by atoms with E-state index < -0.39 is 67.7 Å². The molecule has 3 heterocycles. The number of aliphatic hydroxyl groups is 5. The van der Waals surface area contributed by atoms with Crippen LogP contribution in [0.25, 0.3) is 0 Å². The molecule has 5 N–H and O–H groups in total. The van der Waals surface area contributed by atoms with Crippen molar-refractivity contribution in [1.29, 1.82) is 0 Å². The van der Waals surface area contributed by atoms with E-state index in [4.69, 9.17) is 18.9 Å². The van der Waals surface area contributed by atoms with E-state index in [0.717, 1.165) is 0 Å². The van der Waals surface area contributed by atoms with Crippen LogP contribution in [0.15, 0.2) is 0 Å². The van der Waals surface area contributed by atoms with Gasteiger partial charge in [-0.1, -0.05) is 6.92 Å². The van der Waals surface area contributed by atoms with Gasteiger partial charge >= 0.3 is 5.97 Å². The Bertz CT molecular complexity index is 555. The van der Waals surface area contributed by atoms with Crippen LogP contribution in [-0.2, 0) is 23.7 Å². The molecule has 0 aromatic carbocycles. The van der Waals surface area contributed by atoms with Gasteiger partial charge in [-0.3, -0.25) is 4.79 Å². The molecule has 3 aliphatic heterocycles. The van der Waals surface area contributed by atoms with Crippen molar-refractivity contribution in [2.45, 2.75) is 56.1 Å². The van der Waals surface area contributed by atoms with E-state index in [0.29, 0.717) is 0 Å². The number of hydrogen-bond acceptors (Lipinski definition) is 10. The SMILES string of the molecule is C[C@H]1[C@@H](O)[C@@H]2OC(=O)[C@@H]3[C@@H](O[C@@H]4O[C@H](CO)[C@@H](O)[C@H](O)[C@H]4O)OC[C@H]1[C@H]23. The van der Waals surface area contributed by atoms with E-state index in [1.807, 2.05) is 6.92 Å². The molecule has 0 amide bonds. The van der Waals surface area contributed by atoms with Crippen molar-refractivity contribution in [2.75, 3.05) is 13.2 Å². The number of hydrogen-bond donors (Lipinski definition) is 5. The van der Waals surface area contributed by atoms with E-state index in [9.17, 15) is 30.3 Å². The van der Waals surface area contributed by atoms with Gasteiger partial charge in [0.2, 0.25) is 0 Å². The molecule has 0 radical (unpaired) electrons. The molecule has 10 nitrogen and oxygen atoms in total. The Labute approximate surface area is 149 Å². The predicted molar refractivity (Wildman–Crippen MR) is 80.1 cm³/mol. The molecule has 1 aliphatic carbocycles. The summed E-state index contributed by atoms with van der Waals surface area (Å²) in [5, 5.41) is 49.3. The average molecular weight is 376 g/mol. The highest BCUT2D eigenvalue weighted by molar-refractivity contribution is 5.76. The molecule has 10 heteroatoms. The monoisotopic (exact) mass is 376 g/mol. The number of esters is 1. The second kappa shape index (κ2) is 6.64. The normalized spacial score (nSPS) is 56.3. The van der Waals surface area contributed by atoms with Crippen LogP contribution >= 0.6 is 0 Å². The van der Waals surface area contributed by atoms with E-state index in [-0.39, 0.29) is 24.4 Å². The van der Waals surface area contributed by atoms with Gasteiger partial charge in [0.05, 0.1) is 19.3 Å². The molecule has 0 aromatic rings. The van der Waals surface area contributed by atoms with Gasteiger partial charge in [-0.15, -0.1) is 0 Å². The zero-order chi connectivity index (χ0) is 18.7. The summed E-state index contributed by atoms with van der Waals surface area (Å²) in [4.78, 5) is 12.3. The van der Waals surface area contributed by atoms with Gasteiger partial charge in [0.1, 0.15) is 36.4 Å². The van der Waals surface area contributed by atoms with Crippen LogP contribution in [0.4, 0.5) is 0 Å². The van der Waals surface area contributed by atoms with Crippen LogP contribution in [0, 0.1) is 23.7 Å². The minimum Gasteiger partial charge on any atom is -0.459 e. The molecular formula is C16H24O10. The van der Waals surface area contributed by atoms with E-state index in [1.54, 1.807) is 0 Å². The van der Waals surface area contributed by atoms with E-state index in [1.165, 1.54) is 0 Å². The second-order valence-corrected chi connectivity index (χ2v) is 7.55. The van der Waals surface area contributed by atoms with Crippen LogP contribution < -0.4 is 0 Å². The summed E-state index contributed by atoms with van der Waals surface area (Å²) in [6, 6.07) is 0. The zero-order valence-corrected chi connectivity index (χ0v) is 14.1. The maximum absolute atomic E-state index is 12.3. The Morgan fingerprint density at radius 2 is 1.81 bits per heavy atom. The average Bonchev–Trinajstić information content (AvgIpc) is 3.09. The Morgan fingerprint density at radius 1 is 1.08 bits per heavy atom. The van der Waals surface area contributed by atoms with Crippen molar-refractivity contribution in [3.63, 3.8) is 0 Å². The maximum atomic E-state index is 12.3. The van der Waals surface area contributed by atoms with Crippen molar-refractivity contribution in [2.24, 2.45) is 23.7 Å². The molecule has 12 atom stereocenters. The summed E-state index contributed by atoms with van der Waals surface area (Å²) in [6.07, 6.45) is -9.67. The van der Waals surface area contributed by atoms with Gasteiger partial charge in [-0.25, -0.2) is 0 Å². The first kappa shape index (κ1) is 18.5. The summed E-state index contributed by atoms with van der Waals surface area (Å²) >= 11 is 0. The van der Waals surface area contributed by atoms with Gasteiger partial charge in [0.25, 0.3) is 0 Å². The number of ether oxygens (including phenoxy) is 4. The van der Waals surface area contributed by atoms with Crippen molar-refractivity contribution in [3.05, 3.63) is 0 Å². The van der Waals surface area contributed by atoms with Crippen LogP contribution in [0.3, 0.4) is 0 Å². The van der Waals surface area contributed by atoms with E-state index in [2.05, 4.69) is 0 Å². The first-order valence-corrected chi connectivity index (χ1v) is 8.81. The number of carbonyl (C=O) groups excluding carboxylic acids is 1. The summed E-state index contributed by atoms with van der Waals surface area (Å²) in [5.41, 5.74) is 0. The fourth-order valence-corrected chi connectivity index (χ4v) is 4.66. The maximum Gasteiger partial charge on any atom is 0.314 e. The highest BCUT2D eigenvalue weighted by Crippen LogP contribution is 2.52. The molecule has 3 saturated heterocycles. The van der Waals surface area contributed by atoms with Gasteiger partial charge in [0.15, 0.2) is 12.6 Å². The van der Waals surface area contributed by atoms with Crippen molar-refractivity contribution >= 4 is 5.97 Å². The zero-order valence-electron chi connectivity index (χ0n) is 14.1. The lowest BCUT2D eigenvalue weighted by Gasteiger charge is -2.43. The van der Waals surface area contributed by atoms with Crippen LogP contribution in [0.2, 0.25) is 0 Å². The minimum absolute atomic E-state index is 0.0545. The topological polar surface area (TPSA) is 155 Å². The van der Waals surface area contributed by atoms with Gasteiger partial charge in [-0.05, 0) is 11.8 Å².